The van der Waals surface area contributed by atoms with Crippen LogP contribution in [0.3, 0.4) is 0 Å². The normalized spacial score (nSPS) is 11.2. The van der Waals surface area contributed by atoms with Gasteiger partial charge in [0.05, 0.1) is 10.6 Å². The summed E-state index contributed by atoms with van der Waals surface area (Å²) in [5, 5.41) is 2.82. The van der Waals surface area contributed by atoms with Gasteiger partial charge in [0.1, 0.15) is 6.54 Å². The van der Waals surface area contributed by atoms with E-state index in [1.165, 1.54) is 0 Å². The number of anilines is 1. The van der Waals surface area contributed by atoms with Crippen molar-refractivity contribution in [1.29, 1.82) is 0 Å². The number of nitrogens with one attached hydrogen (secondary N) is 1. The van der Waals surface area contributed by atoms with Gasteiger partial charge in [-0.25, -0.2) is 8.42 Å². The minimum Gasteiger partial charge on any atom is -0.350 e. The van der Waals surface area contributed by atoms with E-state index in [0.29, 0.717) is 12.2 Å². The number of halogens is 1. The molecule has 3 rings (SSSR count). The summed E-state index contributed by atoms with van der Waals surface area (Å²) in [5.74, 6) is -0.380. The van der Waals surface area contributed by atoms with E-state index in [2.05, 4.69) is 21.2 Å². The molecule has 0 aromatic heterocycles. The molecule has 0 saturated carbocycles. The lowest BCUT2D eigenvalue weighted by molar-refractivity contribution is -0.119. The largest absolute Gasteiger partial charge is 0.350 e. The number of hydrogen-bond donors (Lipinski definition) is 1. The molecule has 1 amide bonds. The lowest BCUT2D eigenvalue weighted by Gasteiger charge is -2.24. The summed E-state index contributed by atoms with van der Waals surface area (Å²) in [7, 11) is -3.91. The molecule has 7 heteroatoms. The molecule has 0 aliphatic carbocycles. The van der Waals surface area contributed by atoms with Gasteiger partial charge in [-0.05, 0) is 55.8 Å². The average Bonchev–Trinajstić information content (AvgIpc) is 2.71. The molecule has 5 nitrogen and oxygen atoms in total. The number of nitrogens with zero attached hydrogens (tertiary/aromatic N) is 1. The lowest BCUT2D eigenvalue weighted by atomic mass is 10.1. The fourth-order valence-electron chi connectivity index (χ4n) is 2.97. The van der Waals surface area contributed by atoms with Gasteiger partial charge < -0.3 is 5.32 Å². The van der Waals surface area contributed by atoms with Crippen molar-refractivity contribution in [3.05, 3.63) is 94.0 Å². The predicted molar refractivity (Wildman–Crippen MR) is 123 cm³/mol. The van der Waals surface area contributed by atoms with Crippen molar-refractivity contribution in [2.45, 2.75) is 25.3 Å². The van der Waals surface area contributed by atoms with Crippen molar-refractivity contribution in [2.24, 2.45) is 0 Å². The Kier molecular flexibility index (Phi) is 6.95. The number of benzene rings is 3. The molecule has 0 aliphatic rings. The topological polar surface area (TPSA) is 66.5 Å². The second-order valence-electron chi connectivity index (χ2n) is 7.07. The SMILES string of the molecule is Cc1ccc(S(=O)(=O)N(CC(=O)NCc2cccc(C)c2)c2ccc(Br)cc2)cc1. The molecule has 0 atom stereocenters. The number of rotatable bonds is 7. The Labute approximate surface area is 185 Å². The van der Waals surface area contributed by atoms with Crippen molar-refractivity contribution in [3.8, 4) is 0 Å². The minimum absolute atomic E-state index is 0.141. The molecule has 3 aromatic rings. The summed E-state index contributed by atoms with van der Waals surface area (Å²) in [6.07, 6.45) is 0. The highest BCUT2D eigenvalue weighted by molar-refractivity contribution is 9.10. The first-order chi connectivity index (χ1) is 14.3. The lowest BCUT2D eigenvalue weighted by Crippen LogP contribution is -2.40. The van der Waals surface area contributed by atoms with E-state index in [1.807, 2.05) is 38.1 Å². The molecular formula is C23H23BrN2O3S. The minimum atomic E-state index is -3.91. The van der Waals surface area contributed by atoms with Gasteiger partial charge in [0.25, 0.3) is 10.0 Å². The zero-order chi connectivity index (χ0) is 21.7. The van der Waals surface area contributed by atoms with Crippen LogP contribution in [0.1, 0.15) is 16.7 Å². The Bertz CT molecular complexity index is 1130. The van der Waals surface area contributed by atoms with Crippen molar-refractivity contribution in [3.63, 3.8) is 0 Å². The number of sulfonamides is 1. The van der Waals surface area contributed by atoms with Gasteiger partial charge in [0.15, 0.2) is 0 Å². The molecule has 0 radical (unpaired) electrons. The summed E-state index contributed by atoms with van der Waals surface area (Å²) < 4.78 is 28.6. The van der Waals surface area contributed by atoms with Gasteiger partial charge in [-0.1, -0.05) is 63.5 Å². The molecule has 0 unspecified atom stereocenters. The zero-order valence-corrected chi connectivity index (χ0v) is 19.2. The quantitative estimate of drug-likeness (QED) is 0.531. The molecule has 30 heavy (non-hydrogen) atoms. The van der Waals surface area contributed by atoms with E-state index in [9.17, 15) is 13.2 Å². The van der Waals surface area contributed by atoms with E-state index in [-0.39, 0.29) is 17.3 Å². The smallest absolute Gasteiger partial charge is 0.264 e. The molecule has 0 bridgehead atoms. The van der Waals surface area contributed by atoms with E-state index < -0.39 is 10.0 Å². The van der Waals surface area contributed by atoms with Crippen LogP contribution >= 0.6 is 15.9 Å². The van der Waals surface area contributed by atoms with Crippen LogP contribution in [0.2, 0.25) is 0 Å². The highest BCUT2D eigenvalue weighted by Gasteiger charge is 2.27. The first-order valence-electron chi connectivity index (χ1n) is 9.43. The molecule has 3 aromatic carbocycles. The van der Waals surface area contributed by atoms with Gasteiger partial charge >= 0.3 is 0 Å². The number of carbonyl (C=O) groups excluding carboxylic acids is 1. The monoisotopic (exact) mass is 486 g/mol. The highest BCUT2D eigenvalue weighted by Crippen LogP contribution is 2.25. The Morgan fingerprint density at radius 1 is 0.933 bits per heavy atom. The predicted octanol–water partition coefficient (Wildman–Crippen LogP) is 4.58. The third kappa shape index (κ3) is 5.49. The summed E-state index contributed by atoms with van der Waals surface area (Å²) in [6, 6.07) is 21.2. The Hall–Kier alpha value is -2.64. The second-order valence-corrected chi connectivity index (χ2v) is 9.84. The van der Waals surface area contributed by atoms with Gasteiger partial charge in [0, 0.05) is 11.0 Å². The van der Waals surface area contributed by atoms with Crippen molar-refractivity contribution in [2.75, 3.05) is 10.8 Å². The van der Waals surface area contributed by atoms with Crippen LogP contribution in [0.5, 0.6) is 0 Å². The van der Waals surface area contributed by atoms with Crippen LogP contribution in [0.15, 0.2) is 82.2 Å². The maximum Gasteiger partial charge on any atom is 0.264 e. The third-order valence-corrected chi connectivity index (χ3v) is 6.90. The first kappa shape index (κ1) is 22.1. The fourth-order valence-corrected chi connectivity index (χ4v) is 4.65. The van der Waals surface area contributed by atoms with Crippen LogP contribution in [0.25, 0.3) is 0 Å². The Morgan fingerprint density at radius 3 is 2.23 bits per heavy atom. The molecule has 0 saturated heterocycles. The number of amides is 1. The first-order valence-corrected chi connectivity index (χ1v) is 11.7. The van der Waals surface area contributed by atoms with Gasteiger partial charge in [0.2, 0.25) is 5.91 Å². The summed E-state index contributed by atoms with van der Waals surface area (Å²) in [4.78, 5) is 12.8. The van der Waals surface area contributed by atoms with Gasteiger partial charge in [-0.3, -0.25) is 9.10 Å². The maximum absolute atomic E-state index is 13.3. The number of hydrogen-bond acceptors (Lipinski definition) is 3. The highest BCUT2D eigenvalue weighted by atomic mass is 79.9. The van der Waals surface area contributed by atoms with Crippen LogP contribution in [-0.4, -0.2) is 20.9 Å². The molecule has 0 heterocycles. The number of aryl methyl sites for hydroxylation is 2. The van der Waals surface area contributed by atoms with Crippen LogP contribution in [0.4, 0.5) is 5.69 Å². The molecule has 0 fully saturated rings. The summed E-state index contributed by atoms with van der Waals surface area (Å²) in [6.45, 7) is 3.89. The molecule has 0 spiro atoms. The van der Waals surface area contributed by atoms with E-state index in [4.69, 9.17) is 0 Å². The van der Waals surface area contributed by atoms with Crippen LogP contribution in [-0.2, 0) is 21.4 Å². The second kappa shape index (κ2) is 9.45. The number of carbonyl (C=O) groups is 1. The third-order valence-electron chi connectivity index (χ3n) is 4.58. The molecule has 1 N–H and O–H groups in total. The Morgan fingerprint density at radius 2 is 1.60 bits per heavy atom. The van der Waals surface area contributed by atoms with E-state index in [0.717, 1.165) is 25.5 Å². The molecular weight excluding hydrogens is 464 g/mol. The van der Waals surface area contributed by atoms with Crippen molar-refractivity contribution < 1.29 is 13.2 Å². The van der Waals surface area contributed by atoms with Crippen molar-refractivity contribution in [1.82, 2.24) is 5.32 Å². The standard InChI is InChI=1S/C23H23BrN2O3S/c1-17-6-12-22(13-7-17)30(28,29)26(21-10-8-20(24)9-11-21)16-23(27)25-15-19-5-3-4-18(2)14-19/h3-14H,15-16H2,1-2H3,(H,25,27). The maximum atomic E-state index is 13.3. The van der Waals surface area contributed by atoms with Crippen LogP contribution in [0, 0.1) is 13.8 Å². The molecule has 156 valence electrons. The van der Waals surface area contributed by atoms with Gasteiger partial charge in [-0.15, -0.1) is 0 Å². The molecule has 0 aliphatic heterocycles. The Balaban J connectivity index is 1.85. The summed E-state index contributed by atoms with van der Waals surface area (Å²) >= 11 is 3.36. The van der Waals surface area contributed by atoms with Gasteiger partial charge in [-0.2, -0.15) is 0 Å². The van der Waals surface area contributed by atoms with E-state index >= 15 is 0 Å². The van der Waals surface area contributed by atoms with Crippen molar-refractivity contribution >= 4 is 37.5 Å². The summed E-state index contributed by atoms with van der Waals surface area (Å²) in [5.41, 5.74) is 3.43. The van der Waals surface area contributed by atoms with Crippen LogP contribution < -0.4 is 9.62 Å². The zero-order valence-electron chi connectivity index (χ0n) is 16.8. The average molecular weight is 487 g/mol. The van der Waals surface area contributed by atoms with E-state index in [1.54, 1.807) is 48.5 Å². The fraction of sp³-hybridized carbons (Fsp3) is 0.174.